The average molecular weight is 724 g/mol. The Kier molecular flexibility index (Phi) is 12.0. The van der Waals surface area contributed by atoms with Crippen molar-refractivity contribution < 1.29 is 62.7 Å². The van der Waals surface area contributed by atoms with Gasteiger partial charge in [0.1, 0.15) is 23.7 Å². The number of carbonyl (C=O) groups is 6. The first-order valence-electron chi connectivity index (χ1n) is 16.8. The summed E-state index contributed by atoms with van der Waals surface area (Å²) >= 11 is 0. The Labute approximate surface area is 301 Å². The number of methoxy groups -OCH3 is 1. The summed E-state index contributed by atoms with van der Waals surface area (Å²) in [5.74, 6) is -9.14. The molecule has 0 saturated heterocycles. The third-order valence-corrected chi connectivity index (χ3v) is 9.97. The fourth-order valence-corrected chi connectivity index (χ4v) is 6.92. The molecule has 0 unspecified atom stereocenters. The summed E-state index contributed by atoms with van der Waals surface area (Å²) in [5, 5.41) is 25.1. The predicted octanol–water partition coefficient (Wildman–Crippen LogP) is 3.81. The van der Waals surface area contributed by atoms with Crippen molar-refractivity contribution in [2.45, 2.75) is 85.6 Å². The Bertz CT molecular complexity index is 1790. The van der Waals surface area contributed by atoms with E-state index in [1.165, 1.54) is 47.0 Å². The number of rotatable bonds is 4. The number of fused-ring (bicyclic) bond motifs is 14. The molecule has 0 radical (unpaired) electrons. The predicted molar refractivity (Wildman–Crippen MR) is 184 cm³/mol. The number of ketones is 3. The number of aliphatic hydroxyl groups excluding tert-OH is 1. The minimum atomic E-state index is -2.05. The molecule has 1 aromatic rings. The number of ether oxygens (including phenoxy) is 5. The maximum absolute atomic E-state index is 13.9. The second-order valence-corrected chi connectivity index (χ2v) is 13.6. The van der Waals surface area contributed by atoms with Gasteiger partial charge in [-0.25, -0.2) is 0 Å². The Balaban J connectivity index is 1.85. The number of aromatic hydroxyl groups is 1. The fraction of sp³-hybridized carbons (Fsp3) is 0.474. The van der Waals surface area contributed by atoms with E-state index in [1.807, 2.05) is 0 Å². The summed E-state index contributed by atoms with van der Waals surface area (Å²) in [5.41, 5.74) is -1.39. The number of phenolic OH excluding ortho intramolecular Hbond substituents is 1. The minimum Gasteiger partial charge on any atom is -0.507 e. The van der Waals surface area contributed by atoms with E-state index < -0.39 is 100 Å². The molecule has 1 amide bonds. The summed E-state index contributed by atoms with van der Waals surface area (Å²) in [4.78, 5) is 78.1. The van der Waals surface area contributed by atoms with Gasteiger partial charge in [0.15, 0.2) is 5.78 Å². The average Bonchev–Trinajstić information content (AvgIpc) is 3.36. The number of hydrogen-bond donors (Lipinski definition) is 3. The van der Waals surface area contributed by atoms with E-state index in [2.05, 4.69) is 5.32 Å². The van der Waals surface area contributed by atoms with Crippen molar-refractivity contribution in [2.24, 2.45) is 23.7 Å². The highest BCUT2D eigenvalue weighted by Crippen LogP contribution is 2.48. The van der Waals surface area contributed by atoms with Gasteiger partial charge in [-0.3, -0.25) is 28.8 Å². The number of allylic oxidation sites excluding steroid dienone is 4. The number of nitrogens with one attached hydrogen (secondary N) is 1. The molecule has 3 heterocycles. The maximum Gasteiger partial charge on any atom is 0.312 e. The first kappa shape index (κ1) is 39.7. The Hall–Kier alpha value is -5.08. The van der Waals surface area contributed by atoms with E-state index in [0.29, 0.717) is 0 Å². The lowest BCUT2D eigenvalue weighted by molar-refractivity contribution is -0.162. The molecular weight excluding hydrogens is 678 g/mol. The van der Waals surface area contributed by atoms with Crippen LogP contribution in [0.3, 0.4) is 0 Å². The third kappa shape index (κ3) is 7.44. The molecule has 3 aliphatic heterocycles. The summed E-state index contributed by atoms with van der Waals surface area (Å²) in [6.07, 6.45) is 4.40. The molecule has 0 fully saturated rings. The largest absolute Gasteiger partial charge is 0.507 e. The lowest BCUT2D eigenvalue weighted by Crippen LogP contribution is -2.47. The van der Waals surface area contributed by atoms with E-state index in [9.17, 15) is 39.0 Å². The number of esters is 1. The Morgan fingerprint density at radius 2 is 1.63 bits per heavy atom. The Morgan fingerprint density at radius 3 is 2.25 bits per heavy atom. The molecule has 9 atom stereocenters. The highest BCUT2D eigenvalue weighted by molar-refractivity contribution is 6.30. The van der Waals surface area contributed by atoms with Crippen molar-refractivity contribution in [1.29, 1.82) is 0 Å². The van der Waals surface area contributed by atoms with Gasteiger partial charge in [0, 0.05) is 61.8 Å². The van der Waals surface area contributed by atoms with Crippen molar-refractivity contribution in [3.8, 4) is 11.5 Å². The van der Waals surface area contributed by atoms with Gasteiger partial charge in [0.25, 0.3) is 18.2 Å². The first-order valence-corrected chi connectivity index (χ1v) is 16.8. The maximum atomic E-state index is 13.9. The minimum absolute atomic E-state index is 0.000707. The second kappa shape index (κ2) is 15.7. The van der Waals surface area contributed by atoms with Crippen LogP contribution in [0.5, 0.6) is 11.5 Å². The zero-order valence-electron chi connectivity index (χ0n) is 30.5. The highest BCUT2D eigenvalue weighted by atomic mass is 16.7. The molecule has 0 aromatic heterocycles. The monoisotopic (exact) mass is 723 g/mol. The topological polar surface area (TPSA) is 201 Å². The number of Topliss-reactive ketones (excluding diaryl/α,β-unsaturated/α-hetero) is 2. The van der Waals surface area contributed by atoms with Crippen molar-refractivity contribution in [3.63, 3.8) is 0 Å². The fourth-order valence-electron chi connectivity index (χ4n) is 6.92. The van der Waals surface area contributed by atoms with Crippen molar-refractivity contribution in [1.82, 2.24) is 5.32 Å². The van der Waals surface area contributed by atoms with Crippen LogP contribution in [0.1, 0.15) is 85.1 Å². The van der Waals surface area contributed by atoms with Gasteiger partial charge in [-0.2, -0.15) is 0 Å². The number of benzene rings is 1. The molecule has 1 aliphatic carbocycles. The zero-order chi connectivity index (χ0) is 38.8. The van der Waals surface area contributed by atoms with Crippen LogP contribution in [0.2, 0.25) is 0 Å². The molecule has 14 nitrogen and oxygen atoms in total. The van der Waals surface area contributed by atoms with E-state index in [4.69, 9.17) is 23.7 Å². The number of aliphatic hydroxyl groups is 1. The standard InChI is InChI=1S/C38H45NO13/c1-17-11-10-12-18(2)37(47)39-24-15-25(42)27-28(32(24)45)31(44)22(6)35-29(27)36(46)38(8,52-35)50-14-13-26(48-9)19(3)34(51-23(7)41)21(5)30(43)20(4)33(17)49-16-40/h10-17,19-21,26,30,33-34,43-44H,1-9H3,(H,39,47)/b11-10+,14-13+,18-12-/t17-,19+,20+,21-,26+,30-,33-,34-,38+/m1/s1. The van der Waals surface area contributed by atoms with Crippen LogP contribution in [-0.2, 0) is 33.3 Å². The van der Waals surface area contributed by atoms with Gasteiger partial charge in [-0.1, -0.05) is 45.9 Å². The van der Waals surface area contributed by atoms with E-state index in [-0.39, 0.29) is 34.5 Å². The van der Waals surface area contributed by atoms with Crippen LogP contribution in [0, 0.1) is 30.6 Å². The molecule has 0 spiro atoms. The van der Waals surface area contributed by atoms with Crippen LogP contribution < -0.4 is 10.1 Å². The van der Waals surface area contributed by atoms with Gasteiger partial charge in [0.05, 0.1) is 40.9 Å². The molecule has 1 aromatic carbocycles. The summed E-state index contributed by atoms with van der Waals surface area (Å²) in [6, 6.07) is 0. The summed E-state index contributed by atoms with van der Waals surface area (Å²) < 4.78 is 28.6. The molecule has 5 rings (SSSR count). The van der Waals surface area contributed by atoms with Crippen molar-refractivity contribution in [3.05, 3.63) is 70.2 Å². The van der Waals surface area contributed by atoms with Crippen LogP contribution in [0.25, 0.3) is 0 Å². The van der Waals surface area contributed by atoms with Gasteiger partial charge >= 0.3 is 11.8 Å². The molecule has 3 N–H and O–H groups in total. The normalized spacial score (nSPS) is 33.4. The molecule has 0 saturated carbocycles. The smallest absolute Gasteiger partial charge is 0.312 e. The summed E-state index contributed by atoms with van der Waals surface area (Å²) in [7, 11) is 1.41. The van der Waals surface area contributed by atoms with Gasteiger partial charge in [-0.15, -0.1) is 0 Å². The van der Waals surface area contributed by atoms with Crippen LogP contribution in [0.4, 0.5) is 0 Å². The van der Waals surface area contributed by atoms with Crippen LogP contribution in [0.15, 0.2) is 47.9 Å². The first-order chi connectivity index (χ1) is 24.4. The molecule has 280 valence electrons. The van der Waals surface area contributed by atoms with E-state index in [1.54, 1.807) is 39.8 Å². The molecule has 14 heteroatoms. The van der Waals surface area contributed by atoms with Gasteiger partial charge in [-0.05, 0) is 19.9 Å². The molecule has 52 heavy (non-hydrogen) atoms. The van der Waals surface area contributed by atoms with E-state index >= 15 is 0 Å². The number of phenols is 1. The zero-order valence-corrected chi connectivity index (χ0v) is 30.5. The lowest BCUT2D eigenvalue weighted by Gasteiger charge is -2.38. The molecular formula is C38H45NO13. The van der Waals surface area contributed by atoms with Crippen molar-refractivity contribution >= 4 is 35.7 Å². The third-order valence-electron chi connectivity index (χ3n) is 9.97. The van der Waals surface area contributed by atoms with E-state index in [0.717, 1.165) is 12.3 Å². The Morgan fingerprint density at radius 1 is 0.981 bits per heavy atom. The SMILES string of the molecule is CO[C@H]1/C=C/O[C@@]2(C)Oc3c(C)c(O)c4c(c3C2=O)C(=O)C=C(NC(=O)/C(C)=C\C=C\[C@@H](C)[C@@H](OC=O)[C@@H](C)[C@@H](O)[C@@H](C)[C@H](OC(C)=O)[C@H]1C)C4=O. The number of carbonyl (C=O) groups excluding carboxylic acids is 6. The van der Waals surface area contributed by atoms with Crippen LogP contribution in [-0.4, -0.2) is 83.2 Å². The molecule has 4 aliphatic rings. The van der Waals surface area contributed by atoms with Gasteiger partial charge in [0.2, 0.25) is 5.78 Å². The number of hydrogen-bond acceptors (Lipinski definition) is 13. The van der Waals surface area contributed by atoms with Gasteiger partial charge < -0.3 is 39.2 Å². The highest BCUT2D eigenvalue weighted by Gasteiger charge is 2.51. The quantitative estimate of drug-likeness (QED) is 0.299. The summed E-state index contributed by atoms with van der Waals surface area (Å²) in [6.45, 7) is 12.6. The lowest BCUT2D eigenvalue weighted by atomic mass is 9.78. The van der Waals surface area contributed by atoms with Crippen LogP contribution >= 0.6 is 0 Å². The second-order valence-electron chi connectivity index (χ2n) is 13.6. The molecule has 5 bridgehead atoms. The van der Waals surface area contributed by atoms with Crippen molar-refractivity contribution in [2.75, 3.05) is 7.11 Å². The number of amides is 1.